The molecule has 19 heavy (non-hydrogen) atoms. The normalized spacial score (nSPS) is 10.6. The molecule has 1 rings (SSSR count). The quantitative estimate of drug-likeness (QED) is 0.813. The minimum Gasteiger partial charge on any atom is -0.320 e. The maximum Gasteiger partial charge on any atom is 0.244 e. The number of hydrogen-bond acceptors (Lipinski definition) is 4. The summed E-state index contributed by atoms with van der Waals surface area (Å²) in [6, 6.07) is 8.41. The molecule has 0 radical (unpaired) electrons. The summed E-state index contributed by atoms with van der Waals surface area (Å²) in [5.41, 5.74) is 5.71. The molecule has 0 aliphatic rings. The highest BCUT2D eigenvalue weighted by atomic mass is 32.2. The molecule has 0 bridgehead atoms. The molecule has 2 N–H and O–H groups in total. The molecule has 0 aromatic heterocycles. The Hall–Kier alpha value is -1.86. The molecule has 100 valence electrons. The average Bonchev–Trinajstić information content (AvgIpc) is 2.42. The Morgan fingerprint density at radius 3 is 2.68 bits per heavy atom. The van der Waals surface area contributed by atoms with Crippen LogP contribution in [0.25, 0.3) is 0 Å². The molecule has 6 heteroatoms. The van der Waals surface area contributed by atoms with Gasteiger partial charge in [-0.25, -0.2) is 8.42 Å². The van der Waals surface area contributed by atoms with Crippen molar-refractivity contribution in [3.8, 4) is 17.9 Å². The molecular formula is C13H15N3O2S. The highest BCUT2D eigenvalue weighted by molar-refractivity contribution is 7.89. The molecule has 0 atom stereocenters. The van der Waals surface area contributed by atoms with E-state index in [4.69, 9.17) is 11.0 Å². The first-order valence-corrected chi connectivity index (χ1v) is 7.09. The Morgan fingerprint density at radius 1 is 1.37 bits per heavy atom. The van der Waals surface area contributed by atoms with Gasteiger partial charge < -0.3 is 5.73 Å². The summed E-state index contributed by atoms with van der Waals surface area (Å²) >= 11 is 0. The molecule has 5 nitrogen and oxygen atoms in total. The van der Waals surface area contributed by atoms with E-state index in [0.717, 1.165) is 4.31 Å². The molecule has 0 unspecified atom stereocenters. The minimum atomic E-state index is -3.63. The van der Waals surface area contributed by atoms with Crippen LogP contribution in [0, 0.1) is 23.2 Å². The number of nitriles is 1. The number of benzene rings is 1. The Balaban J connectivity index is 3.18. The van der Waals surface area contributed by atoms with Gasteiger partial charge in [0.1, 0.15) is 0 Å². The molecule has 0 spiro atoms. The van der Waals surface area contributed by atoms with Crippen LogP contribution in [0.4, 0.5) is 0 Å². The lowest BCUT2D eigenvalue weighted by Gasteiger charge is -2.16. The van der Waals surface area contributed by atoms with Crippen LogP contribution in [0.3, 0.4) is 0 Å². The van der Waals surface area contributed by atoms with Crippen LogP contribution in [0.5, 0.6) is 0 Å². The lowest BCUT2D eigenvalue weighted by Crippen LogP contribution is -2.28. The van der Waals surface area contributed by atoms with Crippen molar-refractivity contribution in [2.45, 2.75) is 11.3 Å². The molecule has 0 fully saturated rings. The summed E-state index contributed by atoms with van der Waals surface area (Å²) in [4.78, 5) is 0.136. The fourth-order valence-corrected chi connectivity index (χ4v) is 2.75. The first-order chi connectivity index (χ1) is 9.04. The fraction of sp³-hybridized carbons (Fsp3) is 0.308. The minimum absolute atomic E-state index is 0.136. The van der Waals surface area contributed by atoms with Crippen molar-refractivity contribution in [3.63, 3.8) is 0 Å². The van der Waals surface area contributed by atoms with E-state index in [9.17, 15) is 8.42 Å². The standard InChI is InChI=1S/C13H15N3O2S/c1-16(11-5-10-15)19(17,18)13-8-3-2-6-12(13)7-4-9-14/h2-3,6,8H,5,9,11,14H2,1H3. The highest BCUT2D eigenvalue weighted by Gasteiger charge is 2.22. The summed E-state index contributed by atoms with van der Waals surface area (Å²) < 4.78 is 25.8. The van der Waals surface area contributed by atoms with E-state index in [1.54, 1.807) is 18.2 Å². The molecule has 0 aliphatic carbocycles. The zero-order chi connectivity index (χ0) is 14.3. The highest BCUT2D eigenvalue weighted by Crippen LogP contribution is 2.18. The van der Waals surface area contributed by atoms with E-state index in [-0.39, 0.29) is 24.4 Å². The summed E-state index contributed by atoms with van der Waals surface area (Å²) in [5, 5.41) is 8.51. The van der Waals surface area contributed by atoms with E-state index < -0.39 is 10.0 Å². The Labute approximate surface area is 113 Å². The molecule has 0 heterocycles. The maximum atomic E-state index is 12.3. The lowest BCUT2D eigenvalue weighted by atomic mass is 10.2. The Morgan fingerprint density at radius 2 is 2.05 bits per heavy atom. The van der Waals surface area contributed by atoms with E-state index in [2.05, 4.69) is 11.8 Å². The van der Waals surface area contributed by atoms with Crippen LogP contribution >= 0.6 is 0 Å². The number of sulfonamides is 1. The first kappa shape index (κ1) is 15.2. The van der Waals surface area contributed by atoms with Gasteiger partial charge in [0.2, 0.25) is 10.0 Å². The maximum absolute atomic E-state index is 12.3. The van der Waals surface area contributed by atoms with Crippen molar-refractivity contribution in [1.29, 1.82) is 5.26 Å². The summed E-state index contributed by atoms with van der Waals surface area (Å²) in [6.07, 6.45) is 0.145. The summed E-state index contributed by atoms with van der Waals surface area (Å²) in [6.45, 7) is 0.316. The number of nitrogens with two attached hydrogens (primary N) is 1. The van der Waals surface area contributed by atoms with Crippen LogP contribution in [0.15, 0.2) is 29.2 Å². The lowest BCUT2D eigenvalue weighted by molar-refractivity contribution is 0.476. The third-order valence-electron chi connectivity index (χ3n) is 2.44. The molecule has 1 aromatic carbocycles. The number of hydrogen-bond donors (Lipinski definition) is 1. The zero-order valence-electron chi connectivity index (χ0n) is 10.6. The van der Waals surface area contributed by atoms with Gasteiger partial charge in [0, 0.05) is 25.6 Å². The third-order valence-corrected chi connectivity index (χ3v) is 4.35. The predicted molar refractivity (Wildman–Crippen MR) is 72.4 cm³/mol. The van der Waals surface area contributed by atoms with E-state index in [1.165, 1.54) is 13.1 Å². The monoisotopic (exact) mass is 277 g/mol. The van der Waals surface area contributed by atoms with Gasteiger partial charge in [0.05, 0.1) is 17.5 Å². The molecule has 0 saturated heterocycles. The van der Waals surface area contributed by atoms with E-state index in [1.807, 2.05) is 6.07 Å². The zero-order valence-corrected chi connectivity index (χ0v) is 11.4. The van der Waals surface area contributed by atoms with Gasteiger partial charge in [0.25, 0.3) is 0 Å². The van der Waals surface area contributed by atoms with E-state index >= 15 is 0 Å². The summed E-state index contributed by atoms with van der Waals surface area (Å²) in [5.74, 6) is 5.39. The van der Waals surface area contributed by atoms with Crippen molar-refractivity contribution in [3.05, 3.63) is 29.8 Å². The fourth-order valence-electron chi connectivity index (χ4n) is 1.44. The van der Waals surface area contributed by atoms with Crippen LogP contribution < -0.4 is 5.73 Å². The van der Waals surface area contributed by atoms with E-state index in [0.29, 0.717) is 5.56 Å². The summed E-state index contributed by atoms with van der Waals surface area (Å²) in [7, 11) is -2.19. The van der Waals surface area contributed by atoms with Gasteiger partial charge >= 0.3 is 0 Å². The number of nitrogens with zero attached hydrogens (tertiary/aromatic N) is 2. The van der Waals surface area contributed by atoms with Crippen molar-refractivity contribution in [2.24, 2.45) is 5.73 Å². The van der Waals surface area contributed by atoms with Gasteiger partial charge in [-0.1, -0.05) is 24.0 Å². The van der Waals surface area contributed by atoms with Crippen molar-refractivity contribution >= 4 is 10.0 Å². The molecule has 0 amide bonds. The van der Waals surface area contributed by atoms with Gasteiger partial charge in [-0.2, -0.15) is 9.57 Å². The van der Waals surface area contributed by atoms with Gasteiger partial charge in [-0.15, -0.1) is 0 Å². The molecule has 1 aromatic rings. The van der Waals surface area contributed by atoms with Crippen LogP contribution in [-0.4, -0.2) is 32.9 Å². The second-order valence-corrected chi connectivity index (χ2v) is 5.75. The SMILES string of the molecule is CN(CCC#N)S(=O)(=O)c1ccccc1C#CCN. The Kier molecular flexibility index (Phi) is 5.53. The van der Waals surface area contributed by atoms with Crippen LogP contribution in [-0.2, 0) is 10.0 Å². The van der Waals surface area contributed by atoms with Gasteiger partial charge in [-0.3, -0.25) is 0 Å². The van der Waals surface area contributed by atoms with Crippen molar-refractivity contribution in [2.75, 3.05) is 20.1 Å². The van der Waals surface area contributed by atoms with Crippen molar-refractivity contribution in [1.82, 2.24) is 4.31 Å². The molecular weight excluding hydrogens is 262 g/mol. The largest absolute Gasteiger partial charge is 0.320 e. The van der Waals surface area contributed by atoms with Crippen molar-refractivity contribution < 1.29 is 8.42 Å². The van der Waals surface area contributed by atoms with Gasteiger partial charge in [-0.05, 0) is 12.1 Å². The topological polar surface area (TPSA) is 87.2 Å². The van der Waals surface area contributed by atoms with Gasteiger partial charge in [0.15, 0.2) is 0 Å². The third kappa shape index (κ3) is 3.80. The second-order valence-electron chi connectivity index (χ2n) is 3.74. The first-order valence-electron chi connectivity index (χ1n) is 5.65. The molecule has 0 saturated carbocycles. The second kappa shape index (κ2) is 6.91. The number of rotatable bonds is 4. The Bertz CT molecular complexity index is 636. The average molecular weight is 277 g/mol. The van der Waals surface area contributed by atoms with Crippen LogP contribution in [0.1, 0.15) is 12.0 Å². The predicted octanol–water partition coefficient (Wildman–Crippen LogP) is 0.531. The van der Waals surface area contributed by atoms with Crippen LogP contribution in [0.2, 0.25) is 0 Å². The smallest absolute Gasteiger partial charge is 0.244 e. The molecule has 0 aliphatic heterocycles.